The number of carbonyl (C=O) groups is 1. The Labute approximate surface area is 129 Å². The molecule has 0 aliphatic carbocycles. The van der Waals surface area contributed by atoms with Gasteiger partial charge in [0.25, 0.3) is 0 Å². The number of benzene rings is 2. The molecule has 0 saturated carbocycles. The molecule has 0 aromatic heterocycles. The van der Waals surface area contributed by atoms with Crippen molar-refractivity contribution in [2.45, 2.75) is 6.42 Å². The Morgan fingerprint density at radius 1 is 1.09 bits per heavy atom. The highest BCUT2D eigenvalue weighted by Crippen LogP contribution is 2.26. The summed E-state index contributed by atoms with van der Waals surface area (Å²) in [5.41, 5.74) is 2.29. The van der Waals surface area contributed by atoms with Crippen molar-refractivity contribution >= 4 is 11.9 Å². The van der Waals surface area contributed by atoms with Gasteiger partial charge in [-0.2, -0.15) is 0 Å². The smallest absolute Gasteiger partial charge is 0.150 e. The maximum absolute atomic E-state index is 11.3. The topological polar surface area (TPSA) is 55.8 Å². The van der Waals surface area contributed by atoms with Crippen LogP contribution in [0.3, 0.4) is 0 Å². The third-order valence-electron chi connectivity index (χ3n) is 3.36. The van der Waals surface area contributed by atoms with Crippen molar-refractivity contribution in [3.8, 4) is 17.2 Å². The summed E-state index contributed by atoms with van der Waals surface area (Å²) in [6.07, 6.45) is 3.20. The third kappa shape index (κ3) is 3.67. The van der Waals surface area contributed by atoms with Gasteiger partial charge in [-0.3, -0.25) is 4.79 Å². The molecule has 2 aromatic rings. The van der Waals surface area contributed by atoms with Crippen molar-refractivity contribution < 1.29 is 19.4 Å². The minimum Gasteiger partial charge on any atom is -0.508 e. The summed E-state index contributed by atoms with van der Waals surface area (Å²) >= 11 is 0. The fraction of sp³-hybridized carbons (Fsp3) is 0.167. The van der Waals surface area contributed by atoms with E-state index in [4.69, 9.17) is 9.47 Å². The van der Waals surface area contributed by atoms with Gasteiger partial charge >= 0.3 is 0 Å². The molecule has 0 heterocycles. The highest BCUT2D eigenvalue weighted by atomic mass is 16.5. The van der Waals surface area contributed by atoms with E-state index >= 15 is 0 Å². The van der Waals surface area contributed by atoms with E-state index in [-0.39, 0.29) is 5.75 Å². The number of phenols is 1. The first-order chi connectivity index (χ1) is 10.7. The molecule has 0 aliphatic heterocycles. The zero-order valence-corrected chi connectivity index (χ0v) is 12.6. The standard InChI is InChI=1S/C18H18O4/c1-21-17-10-7-14(18(11-17)22-2)3-4-15(12-19)13-5-8-16(20)9-6-13/h4-12,20H,3H2,1-2H3. The number of hydrogen-bond donors (Lipinski definition) is 1. The number of aldehydes is 1. The van der Waals surface area contributed by atoms with Gasteiger partial charge in [-0.05, 0) is 35.7 Å². The van der Waals surface area contributed by atoms with Crippen LogP contribution in [0.25, 0.3) is 5.57 Å². The number of ether oxygens (including phenoxy) is 2. The molecule has 114 valence electrons. The summed E-state index contributed by atoms with van der Waals surface area (Å²) in [5, 5.41) is 9.30. The molecule has 0 unspecified atom stereocenters. The molecule has 2 aromatic carbocycles. The van der Waals surface area contributed by atoms with Crippen LogP contribution < -0.4 is 9.47 Å². The number of carbonyl (C=O) groups excluding carboxylic acids is 1. The Hall–Kier alpha value is -2.75. The first-order valence-electron chi connectivity index (χ1n) is 6.83. The van der Waals surface area contributed by atoms with Gasteiger partial charge in [0.05, 0.1) is 14.2 Å². The van der Waals surface area contributed by atoms with Crippen molar-refractivity contribution in [2.24, 2.45) is 0 Å². The fourth-order valence-electron chi connectivity index (χ4n) is 2.13. The summed E-state index contributed by atoms with van der Waals surface area (Å²) in [6, 6.07) is 12.1. The predicted molar refractivity (Wildman–Crippen MR) is 85.4 cm³/mol. The van der Waals surface area contributed by atoms with Crippen molar-refractivity contribution in [1.29, 1.82) is 0 Å². The van der Waals surface area contributed by atoms with E-state index in [0.29, 0.717) is 17.7 Å². The number of phenolic OH excluding ortho intramolecular Hbond substituents is 1. The number of allylic oxidation sites excluding steroid dienone is 2. The highest BCUT2D eigenvalue weighted by Gasteiger charge is 2.06. The van der Waals surface area contributed by atoms with Crippen LogP contribution in [0.5, 0.6) is 17.2 Å². The maximum Gasteiger partial charge on any atom is 0.150 e. The minimum atomic E-state index is 0.172. The van der Waals surface area contributed by atoms with Crippen LogP contribution in [0, 0.1) is 0 Å². The van der Waals surface area contributed by atoms with Crippen LogP contribution in [0.4, 0.5) is 0 Å². The summed E-state index contributed by atoms with van der Waals surface area (Å²) < 4.78 is 10.5. The van der Waals surface area contributed by atoms with Gasteiger partial charge in [0.2, 0.25) is 0 Å². The molecule has 0 atom stereocenters. The van der Waals surface area contributed by atoms with Crippen molar-refractivity contribution in [1.82, 2.24) is 0 Å². The number of hydrogen-bond acceptors (Lipinski definition) is 4. The monoisotopic (exact) mass is 298 g/mol. The Balaban J connectivity index is 2.25. The fourth-order valence-corrected chi connectivity index (χ4v) is 2.13. The van der Waals surface area contributed by atoms with Crippen LogP contribution in [-0.2, 0) is 11.2 Å². The van der Waals surface area contributed by atoms with E-state index in [1.165, 1.54) is 0 Å². The molecule has 4 heteroatoms. The molecule has 1 N–H and O–H groups in total. The molecule has 0 spiro atoms. The zero-order chi connectivity index (χ0) is 15.9. The molecule has 4 nitrogen and oxygen atoms in total. The maximum atomic E-state index is 11.3. The predicted octanol–water partition coefficient (Wildman–Crippen LogP) is 3.23. The van der Waals surface area contributed by atoms with Gasteiger partial charge in [-0.15, -0.1) is 0 Å². The van der Waals surface area contributed by atoms with E-state index in [1.807, 2.05) is 24.3 Å². The molecular formula is C18H18O4. The summed E-state index contributed by atoms with van der Waals surface area (Å²) in [6.45, 7) is 0. The lowest BCUT2D eigenvalue weighted by Gasteiger charge is -2.09. The van der Waals surface area contributed by atoms with E-state index in [1.54, 1.807) is 38.5 Å². The summed E-state index contributed by atoms with van der Waals surface area (Å²) in [4.78, 5) is 11.3. The number of rotatable bonds is 6. The van der Waals surface area contributed by atoms with Gasteiger partial charge in [0.15, 0.2) is 0 Å². The van der Waals surface area contributed by atoms with E-state index in [9.17, 15) is 9.90 Å². The molecular weight excluding hydrogens is 280 g/mol. The van der Waals surface area contributed by atoms with Crippen LogP contribution >= 0.6 is 0 Å². The van der Waals surface area contributed by atoms with Crippen LogP contribution in [-0.4, -0.2) is 25.6 Å². The largest absolute Gasteiger partial charge is 0.508 e. The lowest BCUT2D eigenvalue weighted by molar-refractivity contribution is -0.103. The molecule has 0 radical (unpaired) electrons. The highest BCUT2D eigenvalue weighted by molar-refractivity contribution is 6.06. The first-order valence-corrected chi connectivity index (χ1v) is 6.83. The van der Waals surface area contributed by atoms with Gasteiger partial charge in [0.1, 0.15) is 23.5 Å². The second kappa shape index (κ2) is 7.31. The molecule has 0 aliphatic rings. The molecule has 2 rings (SSSR count). The zero-order valence-electron chi connectivity index (χ0n) is 12.6. The van der Waals surface area contributed by atoms with Gasteiger partial charge in [0, 0.05) is 11.6 Å². The van der Waals surface area contributed by atoms with Crippen LogP contribution in [0.1, 0.15) is 11.1 Å². The molecule has 0 amide bonds. The van der Waals surface area contributed by atoms with Crippen molar-refractivity contribution in [3.05, 3.63) is 59.7 Å². The molecule has 22 heavy (non-hydrogen) atoms. The van der Waals surface area contributed by atoms with Crippen molar-refractivity contribution in [2.75, 3.05) is 14.2 Å². The number of methoxy groups -OCH3 is 2. The SMILES string of the molecule is COc1ccc(CC=C(C=O)c2ccc(O)cc2)c(OC)c1. The second-order valence-electron chi connectivity index (χ2n) is 4.71. The van der Waals surface area contributed by atoms with E-state index < -0.39 is 0 Å². The van der Waals surface area contributed by atoms with Crippen molar-refractivity contribution in [3.63, 3.8) is 0 Å². The Morgan fingerprint density at radius 3 is 2.41 bits per heavy atom. The minimum absolute atomic E-state index is 0.172. The van der Waals surface area contributed by atoms with E-state index in [0.717, 1.165) is 23.2 Å². The molecule has 0 fully saturated rings. The van der Waals surface area contributed by atoms with E-state index in [2.05, 4.69) is 0 Å². The lowest BCUT2D eigenvalue weighted by atomic mass is 10.0. The molecule has 0 bridgehead atoms. The first kappa shape index (κ1) is 15.6. The third-order valence-corrected chi connectivity index (χ3v) is 3.36. The summed E-state index contributed by atoms with van der Waals surface area (Å²) in [7, 11) is 3.20. The Bertz CT molecular complexity index is 672. The lowest BCUT2D eigenvalue weighted by Crippen LogP contribution is -1.94. The Morgan fingerprint density at radius 2 is 1.82 bits per heavy atom. The molecule has 0 saturated heterocycles. The number of aromatic hydroxyl groups is 1. The van der Waals surface area contributed by atoms with Gasteiger partial charge in [-0.1, -0.05) is 24.3 Å². The van der Waals surface area contributed by atoms with Crippen LogP contribution in [0.15, 0.2) is 48.5 Å². The quantitative estimate of drug-likeness (QED) is 0.657. The van der Waals surface area contributed by atoms with Gasteiger partial charge in [-0.25, -0.2) is 0 Å². The normalized spacial score (nSPS) is 11.1. The second-order valence-corrected chi connectivity index (χ2v) is 4.71. The summed E-state index contributed by atoms with van der Waals surface area (Å²) in [5.74, 6) is 1.61. The van der Waals surface area contributed by atoms with Crippen LogP contribution in [0.2, 0.25) is 0 Å². The average molecular weight is 298 g/mol. The Kier molecular flexibility index (Phi) is 5.20. The van der Waals surface area contributed by atoms with Gasteiger partial charge < -0.3 is 14.6 Å². The average Bonchev–Trinajstić information content (AvgIpc) is 2.56.